The molecule has 0 radical (unpaired) electrons. The van der Waals surface area contributed by atoms with Gasteiger partial charge in [0.1, 0.15) is 11.6 Å². The quantitative estimate of drug-likeness (QED) is 0.852. The second-order valence-electron chi connectivity index (χ2n) is 5.91. The van der Waals surface area contributed by atoms with Crippen LogP contribution in [-0.2, 0) is 6.54 Å². The number of benzene rings is 2. The Balaban J connectivity index is 2.17. The molecule has 0 unspecified atom stereocenters. The third kappa shape index (κ3) is 4.83. The first-order chi connectivity index (χ1) is 9.85. The Labute approximate surface area is 128 Å². The molecule has 0 aliphatic carbocycles. The Kier molecular flexibility index (Phi) is 5.01. The van der Waals surface area contributed by atoms with Crippen LogP contribution in [0.3, 0.4) is 0 Å². The molecule has 1 N–H and O–H groups in total. The average molecular weight is 307 g/mol. The number of hydrogen-bond acceptors (Lipinski definition) is 2. The molecule has 112 valence electrons. The van der Waals surface area contributed by atoms with Crippen LogP contribution >= 0.6 is 11.8 Å². The highest BCUT2D eigenvalue weighted by atomic mass is 32.2. The Hall–Kier alpha value is -1.39. The normalized spacial score (nSPS) is 11.7. The molecule has 0 spiro atoms. The van der Waals surface area contributed by atoms with E-state index in [9.17, 15) is 8.78 Å². The van der Waals surface area contributed by atoms with Gasteiger partial charge in [-0.25, -0.2) is 8.78 Å². The van der Waals surface area contributed by atoms with Crippen molar-refractivity contribution in [2.24, 2.45) is 0 Å². The van der Waals surface area contributed by atoms with Crippen molar-refractivity contribution >= 4 is 11.8 Å². The maximum atomic E-state index is 14.1. The SMILES string of the molecule is CC(C)(C)NCc1cc(F)c(Sc2ccccc2)c(F)c1. The second-order valence-corrected chi connectivity index (χ2v) is 6.99. The summed E-state index contributed by atoms with van der Waals surface area (Å²) in [7, 11) is 0. The minimum Gasteiger partial charge on any atom is -0.308 e. The lowest BCUT2D eigenvalue weighted by atomic mass is 10.1. The van der Waals surface area contributed by atoms with Crippen molar-refractivity contribution in [2.45, 2.75) is 42.6 Å². The van der Waals surface area contributed by atoms with E-state index in [1.54, 1.807) is 0 Å². The molecule has 0 aliphatic heterocycles. The molecule has 0 bridgehead atoms. The minimum absolute atomic E-state index is 0.0423. The average Bonchev–Trinajstić information content (AvgIpc) is 2.41. The van der Waals surface area contributed by atoms with Gasteiger partial charge in [-0.15, -0.1) is 0 Å². The molecular formula is C17H19F2NS. The maximum absolute atomic E-state index is 14.1. The molecule has 0 saturated carbocycles. The van der Waals surface area contributed by atoms with E-state index in [0.29, 0.717) is 12.1 Å². The van der Waals surface area contributed by atoms with Gasteiger partial charge in [0, 0.05) is 17.0 Å². The van der Waals surface area contributed by atoms with Crippen LogP contribution in [0.5, 0.6) is 0 Å². The number of nitrogens with one attached hydrogen (secondary N) is 1. The molecule has 2 rings (SSSR count). The zero-order chi connectivity index (χ0) is 15.5. The van der Waals surface area contributed by atoms with Crippen LogP contribution in [-0.4, -0.2) is 5.54 Å². The third-order valence-corrected chi connectivity index (χ3v) is 3.95. The highest BCUT2D eigenvalue weighted by molar-refractivity contribution is 7.99. The van der Waals surface area contributed by atoms with Crippen LogP contribution < -0.4 is 5.32 Å². The van der Waals surface area contributed by atoms with Crippen LogP contribution in [0.2, 0.25) is 0 Å². The van der Waals surface area contributed by atoms with Gasteiger partial charge >= 0.3 is 0 Å². The molecule has 2 aromatic rings. The summed E-state index contributed by atoms with van der Waals surface area (Å²) >= 11 is 1.10. The van der Waals surface area contributed by atoms with E-state index >= 15 is 0 Å². The van der Waals surface area contributed by atoms with Gasteiger partial charge in [-0.2, -0.15) is 0 Å². The molecule has 0 heterocycles. The van der Waals surface area contributed by atoms with E-state index < -0.39 is 11.6 Å². The summed E-state index contributed by atoms with van der Waals surface area (Å²) in [5.41, 5.74) is 0.516. The standard InChI is InChI=1S/C17H19F2NS/c1-17(2,3)20-11-12-9-14(18)16(15(19)10-12)21-13-7-5-4-6-8-13/h4-10,20H,11H2,1-3H3. The summed E-state index contributed by atoms with van der Waals surface area (Å²) in [5.74, 6) is -1.04. The number of halogens is 2. The van der Waals surface area contributed by atoms with Gasteiger partial charge in [0.15, 0.2) is 0 Å². The third-order valence-electron chi connectivity index (χ3n) is 2.84. The molecule has 0 aromatic heterocycles. The lowest BCUT2D eigenvalue weighted by Gasteiger charge is -2.20. The monoisotopic (exact) mass is 307 g/mol. The predicted molar refractivity (Wildman–Crippen MR) is 83.5 cm³/mol. The van der Waals surface area contributed by atoms with E-state index in [1.165, 1.54) is 12.1 Å². The summed E-state index contributed by atoms with van der Waals surface area (Å²) in [6.45, 7) is 6.48. The van der Waals surface area contributed by atoms with Gasteiger partial charge in [0.2, 0.25) is 0 Å². The zero-order valence-electron chi connectivity index (χ0n) is 12.4. The Morgan fingerprint density at radius 3 is 2.10 bits per heavy atom. The number of rotatable bonds is 4. The summed E-state index contributed by atoms with van der Waals surface area (Å²) in [5, 5.41) is 3.22. The second kappa shape index (κ2) is 6.58. The van der Waals surface area contributed by atoms with Crippen molar-refractivity contribution in [1.29, 1.82) is 0 Å². The Bertz CT molecular complexity index is 583. The first kappa shape index (κ1) is 16.0. The van der Waals surface area contributed by atoms with Gasteiger partial charge < -0.3 is 5.32 Å². The smallest absolute Gasteiger partial charge is 0.140 e. The van der Waals surface area contributed by atoms with Crippen molar-refractivity contribution in [1.82, 2.24) is 5.32 Å². The summed E-state index contributed by atoms with van der Waals surface area (Å²) in [6.07, 6.45) is 0. The molecule has 21 heavy (non-hydrogen) atoms. The lowest BCUT2D eigenvalue weighted by molar-refractivity contribution is 0.422. The van der Waals surface area contributed by atoms with Crippen molar-refractivity contribution in [3.05, 3.63) is 59.7 Å². The van der Waals surface area contributed by atoms with E-state index in [-0.39, 0.29) is 10.4 Å². The van der Waals surface area contributed by atoms with Crippen LogP contribution in [0.15, 0.2) is 52.3 Å². The fourth-order valence-corrected chi connectivity index (χ4v) is 2.63. The molecule has 0 amide bonds. The molecule has 2 aromatic carbocycles. The van der Waals surface area contributed by atoms with Gasteiger partial charge in [0.25, 0.3) is 0 Å². The number of hydrogen-bond donors (Lipinski definition) is 1. The van der Waals surface area contributed by atoms with Crippen LogP contribution in [0.1, 0.15) is 26.3 Å². The maximum Gasteiger partial charge on any atom is 0.140 e. The van der Waals surface area contributed by atoms with Crippen LogP contribution in [0, 0.1) is 11.6 Å². The summed E-state index contributed by atoms with van der Waals surface area (Å²) in [4.78, 5) is 0.858. The van der Waals surface area contributed by atoms with E-state index in [4.69, 9.17) is 0 Å². The highest BCUT2D eigenvalue weighted by Gasteiger charge is 2.14. The Morgan fingerprint density at radius 1 is 1.00 bits per heavy atom. The minimum atomic E-state index is -0.519. The van der Waals surface area contributed by atoms with Crippen molar-refractivity contribution in [3.63, 3.8) is 0 Å². The molecular weight excluding hydrogens is 288 g/mol. The van der Waals surface area contributed by atoms with Gasteiger partial charge in [-0.05, 0) is 50.6 Å². The lowest BCUT2D eigenvalue weighted by Crippen LogP contribution is -2.35. The van der Waals surface area contributed by atoms with E-state index in [0.717, 1.165) is 16.7 Å². The summed E-state index contributed by atoms with van der Waals surface area (Å²) in [6, 6.07) is 12.0. The molecule has 4 heteroatoms. The van der Waals surface area contributed by atoms with E-state index in [1.807, 2.05) is 51.1 Å². The topological polar surface area (TPSA) is 12.0 Å². The van der Waals surface area contributed by atoms with Crippen molar-refractivity contribution in [2.75, 3.05) is 0 Å². The van der Waals surface area contributed by atoms with Gasteiger partial charge in [0.05, 0.1) is 4.90 Å². The van der Waals surface area contributed by atoms with Crippen LogP contribution in [0.25, 0.3) is 0 Å². The first-order valence-electron chi connectivity index (χ1n) is 6.81. The van der Waals surface area contributed by atoms with Crippen LogP contribution in [0.4, 0.5) is 8.78 Å². The Morgan fingerprint density at radius 2 is 1.57 bits per heavy atom. The fraction of sp³-hybridized carbons (Fsp3) is 0.294. The van der Waals surface area contributed by atoms with E-state index in [2.05, 4.69) is 5.32 Å². The molecule has 0 saturated heterocycles. The highest BCUT2D eigenvalue weighted by Crippen LogP contribution is 2.32. The molecule has 1 nitrogen and oxygen atoms in total. The largest absolute Gasteiger partial charge is 0.308 e. The van der Waals surface area contributed by atoms with Gasteiger partial charge in [-0.3, -0.25) is 0 Å². The van der Waals surface area contributed by atoms with Crippen molar-refractivity contribution < 1.29 is 8.78 Å². The fourth-order valence-electron chi connectivity index (χ4n) is 1.79. The zero-order valence-corrected chi connectivity index (χ0v) is 13.2. The van der Waals surface area contributed by atoms with Crippen molar-refractivity contribution in [3.8, 4) is 0 Å². The molecule has 0 aliphatic rings. The molecule has 0 fully saturated rings. The van der Waals surface area contributed by atoms with Gasteiger partial charge in [-0.1, -0.05) is 30.0 Å². The molecule has 0 atom stereocenters. The predicted octanol–water partition coefficient (Wildman–Crippen LogP) is 5.00. The first-order valence-corrected chi connectivity index (χ1v) is 7.63. The summed E-state index contributed by atoms with van der Waals surface area (Å²) < 4.78 is 28.3.